The zero-order valence-corrected chi connectivity index (χ0v) is 13.0. The van der Waals surface area contributed by atoms with Gasteiger partial charge in [-0.1, -0.05) is 22.0 Å². The van der Waals surface area contributed by atoms with E-state index in [0.717, 1.165) is 4.47 Å². The van der Waals surface area contributed by atoms with Gasteiger partial charge >= 0.3 is 0 Å². The van der Waals surface area contributed by atoms with Crippen molar-refractivity contribution >= 4 is 21.8 Å². The predicted molar refractivity (Wildman–Crippen MR) is 78.2 cm³/mol. The molecule has 1 aromatic carbocycles. The van der Waals surface area contributed by atoms with Gasteiger partial charge in [0.25, 0.3) is 0 Å². The van der Waals surface area contributed by atoms with Crippen LogP contribution in [0.2, 0.25) is 0 Å². The van der Waals surface area contributed by atoms with E-state index in [1.54, 1.807) is 19.1 Å². The highest BCUT2D eigenvalue weighted by Gasteiger charge is 2.10. The van der Waals surface area contributed by atoms with E-state index in [0.29, 0.717) is 17.7 Å². The molecule has 106 valence electrons. The SMILES string of the molecule is CC(C)NC(=O)CCOc1cc(Br)ccc1[C@H](C)O. The molecule has 1 atom stereocenters. The standard InChI is InChI=1S/C14H20BrNO3/c1-9(2)16-14(18)6-7-19-13-8-11(15)4-5-12(13)10(3)17/h4-5,8-10,17H,6-7H2,1-3H3,(H,16,18)/t10-/m0/s1. The summed E-state index contributed by atoms with van der Waals surface area (Å²) in [6.45, 7) is 5.80. The Hall–Kier alpha value is -1.07. The molecule has 0 aliphatic heterocycles. The van der Waals surface area contributed by atoms with Gasteiger partial charge in [0.2, 0.25) is 5.91 Å². The molecule has 2 N–H and O–H groups in total. The Morgan fingerprint density at radius 1 is 1.42 bits per heavy atom. The third-order valence-electron chi connectivity index (χ3n) is 2.46. The minimum Gasteiger partial charge on any atom is -0.493 e. The van der Waals surface area contributed by atoms with Gasteiger partial charge in [-0.05, 0) is 32.9 Å². The van der Waals surface area contributed by atoms with Crippen molar-refractivity contribution in [2.75, 3.05) is 6.61 Å². The van der Waals surface area contributed by atoms with Crippen LogP contribution < -0.4 is 10.1 Å². The number of amides is 1. The molecule has 0 bridgehead atoms. The van der Waals surface area contributed by atoms with Crippen LogP contribution in [-0.4, -0.2) is 23.7 Å². The summed E-state index contributed by atoms with van der Waals surface area (Å²) in [5.74, 6) is 0.560. The quantitative estimate of drug-likeness (QED) is 0.843. The van der Waals surface area contributed by atoms with Crippen molar-refractivity contribution in [3.63, 3.8) is 0 Å². The van der Waals surface area contributed by atoms with Crippen LogP contribution in [0.3, 0.4) is 0 Å². The number of benzene rings is 1. The van der Waals surface area contributed by atoms with Gasteiger partial charge in [-0.3, -0.25) is 4.79 Å². The van der Waals surface area contributed by atoms with Gasteiger partial charge in [-0.25, -0.2) is 0 Å². The summed E-state index contributed by atoms with van der Waals surface area (Å²) in [7, 11) is 0. The van der Waals surface area contributed by atoms with Crippen LogP contribution in [0.15, 0.2) is 22.7 Å². The fourth-order valence-corrected chi connectivity index (χ4v) is 1.97. The van der Waals surface area contributed by atoms with Crippen LogP contribution in [0.25, 0.3) is 0 Å². The summed E-state index contributed by atoms with van der Waals surface area (Å²) in [6.07, 6.45) is -0.309. The monoisotopic (exact) mass is 329 g/mol. The molecule has 0 aliphatic carbocycles. The fourth-order valence-electron chi connectivity index (χ4n) is 1.63. The first-order valence-corrected chi connectivity index (χ1v) is 7.09. The van der Waals surface area contributed by atoms with Crippen LogP contribution in [0.4, 0.5) is 0 Å². The number of nitrogens with one attached hydrogen (secondary N) is 1. The molecule has 4 nitrogen and oxygen atoms in total. The number of rotatable bonds is 6. The van der Waals surface area contributed by atoms with Crippen LogP contribution in [0, 0.1) is 0 Å². The third kappa shape index (κ3) is 5.61. The van der Waals surface area contributed by atoms with Crippen molar-refractivity contribution in [2.45, 2.75) is 39.3 Å². The molecular weight excluding hydrogens is 310 g/mol. The number of aliphatic hydroxyl groups is 1. The van der Waals surface area contributed by atoms with Crippen LogP contribution >= 0.6 is 15.9 Å². The van der Waals surface area contributed by atoms with Crippen molar-refractivity contribution in [1.82, 2.24) is 5.32 Å². The molecule has 0 fully saturated rings. The zero-order valence-electron chi connectivity index (χ0n) is 11.4. The first kappa shape index (κ1) is 16.0. The minimum absolute atomic E-state index is 0.0383. The van der Waals surface area contributed by atoms with Gasteiger partial charge < -0.3 is 15.2 Å². The summed E-state index contributed by atoms with van der Waals surface area (Å²) in [5.41, 5.74) is 0.715. The summed E-state index contributed by atoms with van der Waals surface area (Å²) in [6, 6.07) is 5.58. The van der Waals surface area contributed by atoms with Crippen molar-refractivity contribution in [1.29, 1.82) is 0 Å². The van der Waals surface area contributed by atoms with E-state index < -0.39 is 6.10 Å². The Kier molecular flexibility index (Phi) is 6.31. The van der Waals surface area contributed by atoms with Gasteiger partial charge in [0.05, 0.1) is 19.1 Å². The minimum atomic E-state index is -0.604. The normalized spacial score (nSPS) is 12.3. The molecule has 0 aromatic heterocycles. The Morgan fingerprint density at radius 3 is 2.68 bits per heavy atom. The third-order valence-corrected chi connectivity index (χ3v) is 2.96. The summed E-state index contributed by atoms with van der Waals surface area (Å²) in [4.78, 5) is 11.5. The first-order valence-electron chi connectivity index (χ1n) is 6.30. The number of hydrogen-bond donors (Lipinski definition) is 2. The summed E-state index contributed by atoms with van der Waals surface area (Å²) >= 11 is 3.36. The smallest absolute Gasteiger partial charge is 0.223 e. The topological polar surface area (TPSA) is 58.6 Å². The lowest BCUT2D eigenvalue weighted by Gasteiger charge is -2.14. The average molecular weight is 330 g/mol. The maximum atomic E-state index is 11.5. The molecule has 1 rings (SSSR count). The molecule has 0 spiro atoms. The van der Waals surface area contributed by atoms with Gasteiger partial charge in [-0.15, -0.1) is 0 Å². The fraction of sp³-hybridized carbons (Fsp3) is 0.500. The van der Waals surface area contributed by atoms with E-state index >= 15 is 0 Å². The number of hydrogen-bond acceptors (Lipinski definition) is 3. The van der Waals surface area contributed by atoms with E-state index in [4.69, 9.17) is 4.74 Å². The molecule has 5 heteroatoms. The molecule has 0 heterocycles. The van der Waals surface area contributed by atoms with Crippen LogP contribution in [-0.2, 0) is 4.79 Å². The Bertz CT molecular complexity index is 433. The lowest BCUT2D eigenvalue weighted by atomic mass is 10.1. The van der Waals surface area contributed by atoms with Crippen LogP contribution in [0.5, 0.6) is 5.75 Å². The molecular formula is C14H20BrNO3. The van der Waals surface area contributed by atoms with E-state index in [2.05, 4.69) is 21.2 Å². The maximum absolute atomic E-state index is 11.5. The summed E-state index contributed by atoms with van der Waals surface area (Å²) < 4.78 is 6.45. The molecule has 19 heavy (non-hydrogen) atoms. The van der Waals surface area contributed by atoms with Crippen molar-refractivity contribution in [2.24, 2.45) is 0 Å². The number of carbonyl (C=O) groups excluding carboxylic acids is 1. The van der Waals surface area contributed by atoms with Crippen molar-refractivity contribution in [3.05, 3.63) is 28.2 Å². The summed E-state index contributed by atoms with van der Waals surface area (Å²) in [5, 5.41) is 12.4. The molecule has 0 saturated carbocycles. The van der Waals surface area contributed by atoms with Gasteiger partial charge in [-0.2, -0.15) is 0 Å². The number of ether oxygens (including phenoxy) is 1. The maximum Gasteiger partial charge on any atom is 0.223 e. The van der Waals surface area contributed by atoms with Crippen LogP contribution in [0.1, 0.15) is 38.9 Å². The number of carbonyl (C=O) groups is 1. The van der Waals surface area contributed by atoms with E-state index in [-0.39, 0.29) is 18.6 Å². The Morgan fingerprint density at radius 2 is 2.11 bits per heavy atom. The second-order valence-corrected chi connectivity index (χ2v) is 5.59. The highest BCUT2D eigenvalue weighted by atomic mass is 79.9. The molecule has 1 aromatic rings. The average Bonchev–Trinajstić information content (AvgIpc) is 2.27. The molecule has 0 unspecified atom stereocenters. The van der Waals surface area contributed by atoms with E-state index in [1.807, 2.05) is 19.9 Å². The Balaban J connectivity index is 2.57. The lowest BCUT2D eigenvalue weighted by molar-refractivity contribution is -0.122. The second-order valence-electron chi connectivity index (χ2n) is 4.68. The van der Waals surface area contributed by atoms with Gasteiger partial charge in [0, 0.05) is 16.1 Å². The highest BCUT2D eigenvalue weighted by molar-refractivity contribution is 9.10. The molecule has 0 aliphatic rings. The molecule has 0 radical (unpaired) electrons. The van der Waals surface area contributed by atoms with Crippen molar-refractivity contribution < 1.29 is 14.6 Å². The molecule has 0 saturated heterocycles. The van der Waals surface area contributed by atoms with Gasteiger partial charge in [0.15, 0.2) is 0 Å². The van der Waals surface area contributed by atoms with Gasteiger partial charge in [0.1, 0.15) is 5.75 Å². The van der Waals surface area contributed by atoms with Crippen molar-refractivity contribution in [3.8, 4) is 5.75 Å². The second kappa shape index (κ2) is 7.50. The largest absolute Gasteiger partial charge is 0.493 e. The highest BCUT2D eigenvalue weighted by Crippen LogP contribution is 2.28. The zero-order chi connectivity index (χ0) is 14.4. The van der Waals surface area contributed by atoms with E-state index in [1.165, 1.54) is 0 Å². The predicted octanol–water partition coefficient (Wildman–Crippen LogP) is 2.80. The molecule has 1 amide bonds. The number of aliphatic hydroxyl groups excluding tert-OH is 1. The Labute approximate surface area is 122 Å². The number of halogens is 1. The first-order chi connectivity index (χ1) is 8.90. The van der Waals surface area contributed by atoms with E-state index in [9.17, 15) is 9.90 Å². The lowest BCUT2D eigenvalue weighted by Crippen LogP contribution is -2.31.